The Kier molecular flexibility index (Phi) is 2.01. The molecule has 4 rings (SSSR count). The van der Waals surface area contributed by atoms with E-state index < -0.39 is 0 Å². The average Bonchev–Trinajstić information content (AvgIpc) is 2.89. The normalized spacial score (nSPS) is 38.2. The van der Waals surface area contributed by atoms with E-state index in [1.54, 1.807) is 0 Å². The molecule has 1 N–H and O–H groups in total. The monoisotopic (exact) mass is 226 g/mol. The molecule has 1 nitrogen and oxygen atoms in total. The Morgan fingerprint density at radius 1 is 1.00 bits per heavy atom. The summed E-state index contributed by atoms with van der Waals surface area (Å²) in [6, 6.07) is 10.7. The second kappa shape index (κ2) is 3.46. The van der Waals surface area contributed by atoms with Crippen molar-refractivity contribution in [3.05, 3.63) is 41.5 Å². The maximum absolute atomic E-state index is 9.64. The molecule has 4 unspecified atom stereocenters. The maximum atomic E-state index is 9.64. The van der Waals surface area contributed by atoms with Gasteiger partial charge in [-0.15, -0.1) is 0 Å². The van der Waals surface area contributed by atoms with Crippen molar-refractivity contribution < 1.29 is 5.11 Å². The highest BCUT2D eigenvalue weighted by Crippen LogP contribution is 2.65. The molecule has 0 aliphatic heterocycles. The van der Waals surface area contributed by atoms with Crippen molar-refractivity contribution in [3.63, 3.8) is 0 Å². The van der Waals surface area contributed by atoms with Gasteiger partial charge in [0.1, 0.15) is 0 Å². The Morgan fingerprint density at radius 3 is 2.41 bits per heavy atom. The van der Waals surface area contributed by atoms with E-state index in [2.05, 4.69) is 30.3 Å². The molecule has 0 radical (unpaired) electrons. The summed E-state index contributed by atoms with van der Waals surface area (Å²) in [5, 5.41) is 9.64. The van der Waals surface area contributed by atoms with E-state index in [9.17, 15) is 5.11 Å². The predicted octanol–water partition coefficient (Wildman–Crippen LogP) is 3.11. The molecule has 1 aromatic carbocycles. The molecule has 2 bridgehead atoms. The Hall–Kier alpha value is -1.08. The minimum Gasteiger partial charge on any atom is -0.392 e. The lowest BCUT2D eigenvalue weighted by Crippen LogP contribution is -2.36. The smallest absolute Gasteiger partial charge is 0.0650 e. The van der Waals surface area contributed by atoms with E-state index in [0.29, 0.717) is 0 Å². The van der Waals surface area contributed by atoms with E-state index in [0.717, 1.165) is 23.7 Å². The van der Waals surface area contributed by atoms with E-state index in [1.165, 1.54) is 36.0 Å². The van der Waals surface area contributed by atoms with Gasteiger partial charge in [-0.25, -0.2) is 0 Å². The second-order valence-corrected chi connectivity index (χ2v) is 5.85. The summed E-state index contributed by atoms with van der Waals surface area (Å²) in [4.78, 5) is 0. The first-order valence-electron chi connectivity index (χ1n) is 6.79. The third-order valence-electron chi connectivity index (χ3n) is 5.25. The number of aliphatic hydroxyl groups excluding tert-OH is 1. The topological polar surface area (TPSA) is 20.2 Å². The Morgan fingerprint density at radius 2 is 1.71 bits per heavy atom. The van der Waals surface area contributed by atoms with Gasteiger partial charge in [-0.1, -0.05) is 30.3 Å². The second-order valence-electron chi connectivity index (χ2n) is 5.85. The van der Waals surface area contributed by atoms with Crippen LogP contribution in [0.15, 0.2) is 35.9 Å². The van der Waals surface area contributed by atoms with Gasteiger partial charge in [0.2, 0.25) is 0 Å². The van der Waals surface area contributed by atoms with Gasteiger partial charge >= 0.3 is 0 Å². The maximum Gasteiger partial charge on any atom is 0.0650 e. The molecule has 1 aromatic rings. The number of aliphatic hydroxyl groups is 1. The van der Waals surface area contributed by atoms with Crippen LogP contribution in [0.4, 0.5) is 0 Å². The fraction of sp³-hybridized carbons (Fsp3) is 0.500. The number of benzene rings is 1. The van der Waals surface area contributed by atoms with Crippen molar-refractivity contribution in [1.82, 2.24) is 0 Å². The quantitative estimate of drug-likeness (QED) is 0.821. The lowest BCUT2D eigenvalue weighted by atomic mass is 9.60. The molecule has 0 amide bonds. The van der Waals surface area contributed by atoms with Gasteiger partial charge in [0, 0.05) is 0 Å². The van der Waals surface area contributed by atoms with E-state index in [-0.39, 0.29) is 6.61 Å². The van der Waals surface area contributed by atoms with Gasteiger partial charge in [0.15, 0.2) is 0 Å². The van der Waals surface area contributed by atoms with E-state index in [1.807, 2.05) is 0 Å². The first-order chi connectivity index (χ1) is 8.40. The Labute approximate surface area is 102 Å². The van der Waals surface area contributed by atoms with Crippen LogP contribution in [0.5, 0.6) is 0 Å². The third-order valence-corrected chi connectivity index (χ3v) is 5.25. The molecular formula is C16H18O. The number of rotatable bonds is 2. The summed E-state index contributed by atoms with van der Waals surface area (Å²) in [6.45, 7) is 0.272. The highest BCUT2D eigenvalue weighted by atomic mass is 16.3. The average molecular weight is 226 g/mol. The Balaban J connectivity index is 1.79. The van der Waals surface area contributed by atoms with Crippen LogP contribution in [-0.4, -0.2) is 11.7 Å². The van der Waals surface area contributed by atoms with Crippen molar-refractivity contribution in [2.75, 3.05) is 6.61 Å². The molecule has 0 heterocycles. The molecule has 0 saturated heterocycles. The zero-order valence-corrected chi connectivity index (χ0v) is 9.97. The van der Waals surface area contributed by atoms with E-state index >= 15 is 0 Å². The zero-order chi connectivity index (χ0) is 11.4. The fourth-order valence-corrected chi connectivity index (χ4v) is 4.69. The number of allylic oxidation sites excluding steroid dienone is 1. The largest absolute Gasteiger partial charge is 0.392 e. The lowest BCUT2D eigenvalue weighted by molar-refractivity contribution is 0.229. The number of hydrogen-bond acceptors (Lipinski definition) is 1. The molecule has 0 aromatic heterocycles. The van der Waals surface area contributed by atoms with Crippen molar-refractivity contribution in [1.29, 1.82) is 0 Å². The summed E-state index contributed by atoms with van der Waals surface area (Å²) < 4.78 is 0. The molecule has 2 saturated carbocycles. The summed E-state index contributed by atoms with van der Waals surface area (Å²) in [5.41, 5.74) is 4.20. The zero-order valence-electron chi connectivity index (χ0n) is 9.97. The minimum atomic E-state index is 0.272. The van der Waals surface area contributed by atoms with Crippen LogP contribution in [0.2, 0.25) is 0 Å². The third kappa shape index (κ3) is 1.18. The predicted molar refractivity (Wildman–Crippen MR) is 68.3 cm³/mol. The van der Waals surface area contributed by atoms with Crippen LogP contribution in [0.25, 0.3) is 5.57 Å². The van der Waals surface area contributed by atoms with Gasteiger partial charge in [0.25, 0.3) is 0 Å². The molecule has 88 valence electrons. The summed E-state index contributed by atoms with van der Waals surface area (Å²) in [5.74, 6) is 3.31. The summed E-state index contributed by atoms with van der Waals surface area (Å²) in [6.07, 6.45) is 4.23. The van der Waals surface area contributed by atoms with Crippen molar-refractivity contribution in [2.24, 2.45) is 23.7 Å². The van der Waals surface area contributed by atoms with Gasteiger partial charge in [-0.3, -0.25) is 0 Å². The van der Waals surface area contributed by atoms with Crippen molar-refractivity contribution in [2.45, 2.75) is 19.3 Å². The SMILES string of the molecule is OCC1=C(c2ccccc2)C2C3CCC(C3)C12. The van der Waals surface area contributed by atoms with Crippen molar-refractivity contribution >= 4 is 5.57 Å². The van der Waals surface area contributed by atoms with Crippen LogP contribution < -0.4 is 0 Å². The number of hydrogen-bond donors (Lipinski definition) is 1. The molecule has 0 spiro atoms. The molecule has 17 heavy (non-hydrogen) atoms. The van der Waals surface area contributed by atoms with Gasteiger partial charge in [-0.05, 0) is 59.6 Å². The van der Waals surface area contributed by atoms with E-state index in [4.69, 9.17) is 0 Å². The molecule has 3 aliphatic rings. The highest BCUT2D eigenvalue weighted by molar-refractivity contribution is 5.78. The van der Waals surface area contributed by atoms with Crippen molar-refractivity contribution in [3.8, 4) is 0 Å². The minimum absolute atomic E-state index is 0.272. The lowest BCUT2D eigenvalue weighted by Gasteiger charge is -2.45. The Bertz CT molecular complexity index is 474. The van der Waals surface area contributed by atoms with Gasteiger partial charge < -0.3 is 5.11 Å². The molecule has 3 aliphatic carbocycles. The van der Waals surface area contributed by atoms with Crippen LogP contribution in [-0.2, 0) is 0 Å². The molecule has 2 fully saturated rings. The summed E-state index contributed by atoms with van der Waals surface area (Å²) >= 11 is 0. The molecule has 4 atom stereocenters. The molecular weight excluding hydrogens is 208 g/mol. The fourth-order valence-electron chi connectivity index (χ4n) is 4.69. The van der Waals surface area contributed by atoms with Crippen LogP contribution in [0, 0.1) is 23.7 Å². The molecule has 1 heteroatoms. The standard InChI is InChI=1S/C16H18O/c17-9-13-14(10-4-2-1-3-5-10)16-12-7-6-11(8-12)15(13)16/h1-5,11-12,15-17H,6-9H2. The number of fused-ring (bicyclic) bond motifs is 5. The highest BCUT2D eigenvalue weighted by Gasteiger charge is 2.56. The van der Waals surface area contributed by atoms with Crippen LogP contribution in [0.3, 0.4) is 0 Å². The van der Waals surface area contributed by atoms with Crippen LogP contribution in [0.1, 0.15) is 24.8 Å². The first kappa shape index (κ1) is 9.90. The summed E-state index contributed by atoms with van der Waals surface area (Å²) in [7, 11) is 0. The van der Waals surface area contributed by atoms with Gasteiger partial charge in [-0.2, -0.15) is 0 Å². The first-order valence-corrected chi connectivity index (χ1v) is 6.79. The van der Waals surface area contributed by atoms with Gasteiger partial charge in [0.05, 0.1) is 6.61 Å². The van der Waals surface area contributed by atoms with Crippen LogP contribution >= 0.6 is 0 Å².